The van der Waals surface area contributed by atoms with Crippen molar-refractivity contribution in [3.05, 3.63) is 52.9 Å². The van der Waals surface area contributed by atoms with Crippen molar-refractivity contribution in [3.8, 4) is 17.2 Å². The lowest BCUT2D eigenvalue weighted by Crippen LogP contribution is -2.49. The first-order valence-corrected chi connectivity index (χ1v) is 12.3. The number of para-hydroxylation sites is 1. The van der Waals surface area contributed by atoms with Crippen LogP contribution in [0.5, 0.6) is 17.2 Å². The number of aromatic amines is 1. The lowest BCUT2D eigenvalue weighted by molar-refractivity contribution is 0.0137. The zero-order chi connectivity index (χ0) is 25.7. The Kier molecular flexibility index (Phi) is 5.56. The van der Waals surface area contributed by atoms with Gasteiger partial charge in [-0.25, -0.2) is 4.79 Å². The number of fused-ring (bicyclic) bond motifs is 3. The number of nitrogens with zero attached hydrogens (tertiary/aromatic N) is 3. The van der Waals surface area contributed by atoms with Crippen molar-refractivity contribution in [2.45, 2.75) is 32.9 Å². The molecule has 4 heterocycles. The molecule has 10 heteroatoms. The predicted octanol–water partition coefficient (Wildman–Crippen LogP) is 3.96. The third-order valence-corrected chi connectivity index (χ3v) is 6.56. The molecule has 0 atom stereocenters. The minimum atomic E-state index is -0.534. The Labute approximate surface area is 213 Å². The number of ketones is 1. The Morgan fingerprint density at radius 2 is 1.92 bits per heavy atom. The maximum absolute atomic E-state index is 13.3. The van der Waals surface area contributed by atoms with Crippen LogP contribution in [-0.4, -0.2) is 70.4 Å². The van der Waals surface area contributed by atoms with Gasteiger partial charge in [0.2, 0.25) is 12.6 Å². The number of allylic oxidation sites excluding steroid dienone is 1. The second-order valence-electron chi connectivity index (χ2n) is 10.3. The second-order valence-corrected chi connectivity index (χ2v) is 10.3. The lowest BCUT2D eigenvalue weighted by Gasteiger charge is -2.35. The standard InChI is InChI=1S/C27H28N4O6/c1-27(2,3)37-26(33)31-10-8-30(9-11-31)14-18-24-17(12-22-25(18)35-15-34-22)23(32)21(36-24)13-20-16-6-4-5-7-19(16)28-29-20/h4-7,12-13H,8-11,14-15H2,1-3H3,(H,28,29)/b21-13-. The van der Waals surface area contributed by atoms with E-state index in [0.717, 1.165) is 16.5 Å². The predicted molar refractivity (Wildman–Crippen MR) is 135 cm³/mol. The molecule has 0 spiro atoms. The third kappa shape index (κ3) is 4.37. The van der Waals surface area contributed by atoms with Crippen LogP contribution < -0.4 is 14.2 Å². The molecule has 0 radical (unpaired) electrons. The molecular weight excluding hydrogens is 476 g/mol. The van der Waals surface area contributed by atoms with Gasteiger partial charge in [-0.3, -0.25) is 14.8 Å². The van der Waals surface area contributed by atoms with Gasteiger partial charge in [0.15, 0.2) is 17.3 Å². The zero-order valence-corrected chi connectivity index (χ0v) is 21.0. The number of rotatable bonds is 3. The highest BCUT2D eigenvalue weighted by Crippen LogP contribution is 2.48. The van der Waals surface area contributed by atoms with Crippen LogP contribution in [0.4, 0.5) is 4.79 Å². The van der Waals surface area contributed by atoms with E-state index in [0.29, 0.717) is 61.2 Å². The van der Waals surface area contributed by atoms with E-state index in [-0.39, 0.29) is 24.4 Å². The molecule has 192 valence electrons. The van der Waals surface area contributed by atoms with Gasteiger partial charge in [0.1, 0.15) is 11.4 Å². The maximum Gasteiger partial charge on any atom is 0.410 e. The fraction of sp³-hybridized carbons (Fsp3) is 0.370. The number of hydrogen-bond donors (Lipinski definition) is 1. The topological polar surface area (TPSA) is 106 Å². The van der Waals surface area contributed by atoms with Crippen LogP contribution >= 0.6 is 0 Å². The molecule has 1 amide bonds. The smallest absolute Gasteiger partial charge is 0.410 e. The van der Waals surface area contributed by atoms with E-state index in [4.69, 9.17) is 18.9 Å². The van der Waals surface area contributed by atoms with Gasteiger partial charge in [0, 0.05) is 44.2 Å². The van der Waals surface area contributed by atoms with Crippen LogP contribution in [0.1, 0.15) is 42.4 Å². The van der Waals surface area contributed by atoms with E-state index in [1.54, 1.807) is 17.0 Å². The fourth-order valence-electron chi connectivity index (χ4n) is 4.76. The summed E-state index contributed by atoms with van der Waals surface area (Å²) >= 11 is 0. The molecule has 3 aliphatic rings. The molecule has 0 saturated carbocycles. The number of nitrogens with one attached hydrogen (secondary N) is 1. The van der Waals surface area contributed by atoms with Crippen LogP contribution in [0.25, 0.3) is 17.0 Å². The van der Waals surface area contributed by atoms with E-state index >= 15 is 0 Å². The first kappa shape index (κ1) is 23.4. The molecule has 3 aliphatic heterocycles. The highest BCUT2D eigenvalue weighted by atomic mass is 16.7. The van der Waals surface area contributed by atoms with Crippen molar-refractivity contribution < 1.29 is 28.5 Å². The van der Waals surface area contributed by atoms with Crippen molar-refractivity contribution >= 4 is 28.9 Å². The number of carbonyl (C=O) groups is 2. The Bertz CT molecular complexity index is 1430. The monoisotopic (exact) mass is 504 g/mol. The molecule has 0 unspecified atom stereocenters. The van der Waals surface area contributed by atoms with Gasteiger partial charge >= 0.3 is 6.09 Å². The average Bonchev–Trinajstić information content (AvgIpc) is 3.57. The highest BCUT2D eigenvalue weighted by Gasteiger charge is 2.37. The zero-order valence-electron chi connectivity index (χ0n) is 21.0. The van der Waals surface area contributed by atoms with Crippen molar-refractivity contribution in [3.63, 3.8) is 0 Å². The molecule has 1 saturated heterocycles. The summed E-state index contributed by atoms with van der Waals surface area (Å²) in [7, 11) is 0. The Hall–Kier alpha value is -4.05. The van der Waals surface area contributed by atoms with Crippen LogP contribution in [-0.2, 0) is 11.3 Å². The summed E-state index contributed by atoms with van der Waals surface area (Å²) in [5.74, 6) is 1.58. The second kappa shape index (κ2) is 8.81. The number of aromatic nitrogens is 2. The number of H-pyrrole nitrogens is 1. The quantitative estimate of drug-likeness (QED) is 0.535. The Balaban J connectivity index is 1.24. The van der Waals surface area contributed by atoms with Crippen molar-refractivity contribution in [2.24, 2.45) is 0 Å². The van der Waals surface area contributed by atoms with Crippen molar-refractivity contribution in [1.29, 1.82) is 0 Å². The summed E-state index contributed by atoms with van der Waals surface area (Å²) in [6, 6.07) is 9.40. The summed E-state index contributed by atoms with van der Waals surface area (Å²) in [5, 5.41) is 8.23. The molecule has 1 N–H and O–H groups in total. The van der Waals surface area contributed by atoms with Crippen molar-refractivity contribution in [2.75, 3.05) is 33.0 Å². The molecule has 6 rings (SSSR count). The molecule has 10 nitrogen and oxygen atoms in total. The van der Waals surface area contributed by atoms with Gasteiger partial charge < -0.3 is 23.8 Å². The molecule has 0 bridgehead atoms. The van der Waals surface area contributed by atoms with Crippen LogP contribution in [0, 0.1) is 0 Å². The minimum absolute atomic E-state index is 0.0911. The van der Waals surface area contributed by atoms with Crippen LogP contribution in [0.15, 0.2) is 36.1 Å². The minimum Gasteiger partial charge on any atom is -0.454 e. The van der Waals surface area contributed by atoms with E-state index in [2.05, 4.69) is 15.1 Å². The number of carbonyl (C=O) groups excluding carboxylic acids is 2. The summed E-state index contributed by atoms with van der Waals surface area (Å²) < 4.78 is 23.1. The summed E-state index contributed by atoms with van der Waals surface area (Å²) in [6.45, 7) is 8.54. The summed E-state index contributed by atoms with van der Waals surface area (Å²) in [4.78, 5) is 29.7. The van der Waals surface area contributed by atoms with Gasteiger partial charge in [0.25, 0.3) is 0 Å². The largest absolute Gasteiger partial charge is 0.454 e. The Morgan fingerprint density at radius 3 is 2.70 bits per heavy atom. The summed E-state index contributed by atoms with van der Waals surface area (Å²) in [5.41, 5.74) is 2.18. The molecule has 1 aromatic heterocycles. The number of benzene rings is 2. The van der Waals surface area contributed by atoms with E-state index < -0.39 is 5.60 Å². The average molecular weight is 505 g/mol. The van der Waals surface area contributed by atoms with E-state index in [9.17, 15) is 9.59 Å². The van der Waals surface area contributed by atoms with Gasteiger partial charge in [-0.05, 0) is 32.9 Å². The molecular formula is C27H28N4O6. The normalized spacial score (nSPS) is 18.4. The van der Waals surface area contributed by atoms with Gasteiger partial charge in [0.05, 0.1) is 22.3 Å². The molecule has 3 aromatic rings. The van der Waals surface area contributed by atoms with Crippen molar-refractivity contribution in [1.82, 2.24) is 20.0 Å². The van der Waals surface area contributed by atoms with Gasteiger partial charge in [-0.15, -0.1) is 0 Å². The molecule has 0 aliphatic carbocycles. The molecule has 2 aromatic carbocycles. The fourth-order valence-corrected chi connectivity index (χ4v) is 4.76. The number of ether oxygens (including phenoxy) is 4. The van der Waals surface area contributed by atoms with Gasteiger partial charge in [-0.2, -0.15) is 5.10 Å². The number of Topliss-reactive ketones (excluding diaryl/α,β-unsaturated/α-hetero) is 1. The molecule has 1 fully saturated rings. The number of piperazine rings is 1. The van der Waals surface area contributed by atoms with E-state index in [1.807, 2.05) is 45.0 Å². The molecule has 37 heavy (non-hydrogen) atoms. The Morgan fingerprint density at radius 1 is 1.14 bits per heavy atom. The lowest BCUT2D eigenvalue weighted by atomic mass is 10.0. The first-order valence-electron chi connectivity index (χ1n) is 12.3. The first-order chi connectivity index (χ1) is 17.8. The maximum atomic E-state index is 13.3. The summed E-state index contributed by atoms with van der Waals surface area (Å²) in [6.07, 6.45) is 1.36. The van der Waals surface area contributed by atoms with E-state index in [1.165, 1.54) is 0 Å². The van der Waals surface area contributed by atoms with Crippen LogP contribution in [0.2, 0.25) is 0 Å². The number of amides is 1. The third-order valence-electron chi connectivity index (χ3n) is 6.56. The highest BCUT2D eigenvalue weighted by molar-refractivity contribution is 6.15. The number of hydrogen-bond acceptors (Lipinski definition) is 8. The SMILES string of the molecule is CC(C)(C)OC(=O)N1CCN(Cc2c3c(cc4c2O/C(=C\c2n[nH]c5ccccc25)C4=O)OCO3)CC1. The van der Waals surface area contributed by atoms with Gasteiger partial charge in [-0.1, -0.05) is 18.2 Å². The van der Waals surface area contributed by atoms with Crippen LogP contribution in [0.3, 0.4) is 0 Å².